The van der Waals surface area contributed by atoms with Gasteiger partial charge in [0, 0.05) is 24.5 Å². The van der Waals surface area contributed by atoms with Crippen molar-refractivity contribution in [3.05, 3.63) is 90.0 Å². The zero-order valence-electron chi connectivity index (χ0n) is 14.8. The molecule has 1 aromatic heterocycles. The van der Waals surface area contributed by atoms with E-state index in [0.717, 1.165) is 5.56 Å². The molecule has 0 saturated carbocycles. The smallest absolute Gasteiger partial charge is 0.261 e. The molecule has 0 aliphatic carbocycles. The van der Waals surface area contributed by atoms with Crippen LogP contribution < -0.4 is 10.0 Å². The summed E-state index contributed by atoms with van der Waals surface area (Å²) in [5.41, 5.74) is 1.51. The van der Waals surface area contributed by atoms with E-state index in [4.69, 9.17) is 0 Å². The first-order chi connectivity index (χ1) is 13.4. The Balaban J connectivity index is 1.59. The van der Waals surface area contributed by atoms with Crippen LogP contribution in [0, 0.1) is 5.82 Å². The van der Waals surface area contributed by atoms with Gasteiger partial charge < -0.3 is 5.32 Å². The summed E-state index contributed by atoms with van der Waals surface area (Å²) < 4.78 is 40.3. The maximum absolute atomic E-state index is 13.1. The lowest BCUT2D eigenvalue weighted by Crippen LogP contribution is -2.25. The van der Waals surface area contributed by atoms with Gasteiger partial charge >= 0.3 is 0 Å². The number of sulfonamides is 1. The van der Waals surface area contributed by atoms with Gasteiger partial charge in [0.25, 0.3) is 15.9 Å². The second kappa shape index (κ2) is 8.62. The molecule has 0 fully saturated rings. The lowest BCUT2D eigenvalue weighted by atomic mass is 10.1. The number of aromatic nitrogens is 1. The molecular formula is C20H18FN3O3S. The number of nitrogens with one attached hydrogen (secondary N) is 2. The molecule has 1 amide bonds. The van der Waals surface area contributed by atoms with E-state index in [1.165, 1.54) is 60.9 Å². The molecule has 28 heavy (non-hydrogen) atoms. The van der Waals surface area contributed by atoms with Gasteiger partial charge in [-0.2, -0.15) is 0 Å². The van der Waals surface area contributed by atoms with Crippen LogP contribution in [0.4, 0.5) is 10.1 Å². The number of carbonyl (C=O) groups excluding carboxylic acids is 1. The highest BCUT2D eigenvalue weighted by Crippen LogP contribution is 2.16. The van der Waals surface area contributed by atoms with Crippen molar-refractivity contribution in [2.75, 3.05) is 11.3 Å². The average molecular weight is 399 g/mol. The fraction of sp³-hybridized carbons (Fsp3) is 0.100. The highest BCUT2D eigenvalue weighted by molar-refractivity contribution is 7.92. The summed E-state index contributed by atoms with van der Waals surface area (Å²) in [5.74, 6) is -0.650. The molecule has 2 aromatic carbocycles. The van der Waals surface area contributed by atoms with E-state index < -0.39 is 10.0 Å². The van der Waals surface area contributed by atoms with Gasteiger partial charge in [0.2, 0.25) is 0 Å². The van der Waals surface area contributed by atoms with Crippen molar-refractivity contribution in [3.63, 3.8) is 0 Å². The van der Waals surface area contributed by atoms with Crippen molar-refractivity contribution in [1.82, 2.24) is 10.3 Å². The monoisotopic (exact) mass is 399 g/mol. The van der Waals surface area contributed by atoms with Gasteiger partial charge in [0.1, 0.15) is 5.82 Å². The molecule has 0 aliphatic rings. The number of rotatable bonds is 7. The minimum Gasteiger partial charge on any atom is -0.352 e. The first kappa shape index (κ1) is 19.5. The van der Waals surface area contributed by atoms with Gasteiger partial charge in [0.05, 0.1) is 10.6 Å². The maximum Gasteiger partial charge on any atom is 0.261 e. The zero-order valence-corrected chi connectivity index (χ0v) is 15.6. The summed E-state index contributed by atoms with van der Waals surface area (Å²) in [5, 5.41) is 2.73. The number of hydrogen-bond acceptors (Lipinski definition) is 4. The van der Waals surface area contributed by atoms with Crippen LogP contribution in [-0.2, 0) is 16.4 Å². The zero-order chi connectivity index (χ0) is 20.0. The summed E-state index contributed by atoms with van der Waals surface area (Å²) in [6, 6.07) is 14.9. The Morgan fingerprint density at radius 2 is 1.71 bits per heavy atom. The Labute approximate surface area is 162 Å². The number of amides is 1. The van der Waals surface area contributed by atoms with Crippen LogP contribution in [0.5, 0.6) is 0 Å². The van der Waals surface area contributed by atoms with E-state index in [-0.39, 0.29) is 16.6 Å². The largest absolute Gasteiger partial charge is 0.352 e. The van der Waals surface area contributed by atoms with Gasteiger partial charge in [-0.05, 0) is 60.5 Å². The minimum atomic E-state index is -3.76. The quantitative estimate of drug-likeness (QED) is 0.639. The van der Waals surface area contributed by atoms with Crippen molar-refractivity contribution >= 4 is 21.6 Å². The van der Waals surface area contributed by atoms with Crippen molar-refractivity contribution in [1.29, 1.82) is 0 Å². The van der Waals surface area contributed by atoms with Crippen LogP contribution in [0.25, 0.3) is 0 Å². The standard InChI is InChI=1S/C20H18FN3O3S/c21-17-3-1-2-15(14-17)8-13-23-20(25)16-4-6-19(7-5-16)28(26,27)24-18-9-11-22-12-10-18/h1-7,9-12,14H,8,13H2,(H,22,24)(H,23,25). The number of benzene rings is 2. The third-order valence-corrected chi connectivity index (χ3v) is 5.34. The molecule has 1 heterocycles. The van der Waals surface area contributed by atoms with E-state index in [2.05, 4.69) is 15.0 Å². The third-order valence-electron chi connectivity index (χ3n) is 3.95. The average Bonchev–Trinajstić information content (AvgIpc) is 2.68. The van der Waals surface area contributed by atoms with Gasteiger partial charge in [-0.3, -0.25) is 14.5 Å². The Morgan fingerprint density at radius 3 is 2.39 bits per heavy atom. The van der Waals surface area contributed by atoms with Crippen LogP contribution in [0.3, 0.4) is 0 Å². The molecule has 0 spiro atoms. The van der Waals surface area contributed by atoms with Gasteiger partial charge in [-0.25, -0.2) is 12.8 Å². The molecule has 0 radical (unpaired) electrons. The number of anilines is 1. The van der Waals surface area contributed by atoms with Crippen molar-refractivity contribution in [3.8, 4) is 0 Å². The summed E-state index contributed by atoms with van der Waals surface area (Å²) in [4.78, 5) is 16.1. The molecule has 0 unspecified atom stereocenters. The Hall–Kier alpha value is -3.26. The molecule has 0 bridgehead atoms. The summed E-state index contributed by atoms with van der Waals surface area (Å²) in [6.45, 7) is 0.339. The first-order valence-electron chi connectivity index (χ1n) is 8.49. The number of carbonyl (C=O) groups is 1. The molecule has 8 heteroatoms. The van der Waals surface area contributed by atoms with Gasteiger partial charge in [-0.1, -0.05) is 12.1 Å². The number of pyridine rings is 1. The Bertz CT molecular complexity index is 1060. The Morgan fingerprint density at radius 1 is 1.00 bits per heavy atom. The molecule has 3 rings (SSSR count). The van der Waals surface area contributed by atoms with Crippen molar-refractivity contribution in [2.24, 2.45) is 0 Å². The van der Waals surface area contributed by atoms with Crippen LogP contribution in [0.1, 0.15) is 15.9 Å². The number of hydrogen-bond donors (Lipinski definition) is 2. The highest BCUT2D eigenvalue weighted by atomic mass is 32.2. The van der Waals surface area contributed by atoms with E-state index in [1.54, 1.807) is 12.1 Å². The molecule has 6 nitrogen and oxygen atoms in total. The molecule has 3 aromatic rings. The van der Waals surface area contributed by atoms with Crippen LogP contribution in [-0.4, -0.2) is 25.9 Å². The third kappa shape index (κ3) is 5.14. The van der Waals surface area contributed by atoms with E-state index in [9.17, 15) is 17.6 Å². The lowest BCUT2D eigenvalue weighted by Gasteiger charge is -2.09. The van der Waals surface area contributed by atoms with Crippen LogP contribution >= 0.6 is 0 Å². The van der Waals surface area contributed by atoms with Gasteiger partial charge in [0.15, 0.2) is 0 Å². The SMILES string of the molecule is O=C(NCCc1cccc(F)c1)c1ccc(S(=O)(=O)Nc2ccncc2)cc1. The van der Waals surface area contributed by atoms with Crippen LogP contribution in [0.2, 0.25) is 0 Å². The Kier molecular flexibility index (Phi) is 6.00. The van der Waals surface area contributed by atoms with Crippen molar-refractivity contribution < 1.29 is 17.6 Å². The maximum atomic E-state index is 13.1. The second-order valence-electron chi connectivity index (χ2n) is 6.00. The second-order valence-corrected chi connectivity index (χ2v) is 7.68. The number of nitrogens with zero attached hydrogens (tertiary/aromatic N) is 1. The lowest BCUT2D eigenvalue weighted by molar-refractivity contribution is 0.0954. The molecular weight excluding hydrogens is 381 g/mol. The minimum absolute atomic E-state index is 0.0422. The predicted octanol–water partition coefficient (Wildman–Crippen LogP) is 2.99. The molecule has 144 valence electrons. The fourth-order valence-corrected chi connectivity index (χ4v) is 3.59. The molecule has 0 saturated heterocycles. The summed E-state index contributed by atoms with van der Waals surface area (Å²) in [7, 11) is -3.76. The predicted molar refractivity (Wildman–Crippen MR) is 104 cm³/mol. The van der Waals surface area contributed by atoms with Gasteiger partial charge in [-0.15, -0.1) is 0 Å². The summed E-state index contributed by atoms with van der Waals surface area (Å²) >= 11 is 0. The van der Waals surface area contributed by atoms with E-state index in [1.807, 2.05) is 0 Å². The molecule has 0 atom stereocenters. The topological polar surface area (TPSA) is 88.2 Å². The van der Waals surface area contributed by atoms with E-state index in [0.29, 0.717) is 24.2 Å². The van der Waals surface area contributed by atoms with E-state index >= 15 is 0 Å². The fourth-order valence-electron chi connectivity index (χ4n) is 2.53. The van der Waals surface area contributed by atoms with Crippen LogP contribution in [0.15, 0.2) is 78.0 Å². The van der Waals surface area contributed by atoms with Crippen molar-refractivity contribution in [2.45, 2.75) is 11.3 Å². The highest BCUT2D eigenvalue weighted by Gasteiger charge is 2.15. The first-order valence-corrected chi connectivity index (χ1v) is 9.98. The molecule has 2 N–H and O–H groups in total. The molecule has 0 aliphatic heterocycles. The normalized spacial score (nSPS) is 11.0. The number of halogens is 1. The summed E-state index contributed by atoms with van der Waals surface area (Å²) in [6.07, 6.45) is 3.45.